The zero-order valence-corrected chi connectivity index (χ0v) is 14.9. The number of hydrogen-bond acceptors (Lipinski definition) is 2. The van der Waals surface area contributed by atoms with Crippen molar-refractivity contribution in [1.29, 1.82) is 0 Å². The molecule has 2 amide bonds. The van der Waals surface area contributed by atoms with E-state index in [0.29, 0.717) is 19.7 Å². The van der Waals surface area contributed by atoms with Crippen molar-refractivity contribution in [2.75, 3.05) is 25.6 Å². The standard InChI is InChI=1S/C21H23N3O2/c1-26-13-12-23-14-17-10-11-24(15-16-6-5-9-19(23)20(16)17)21(25)22-18-7-3-2-4-8-18/h2-9,14H,10-13,15H2,1H3,(H,22,25). The molecular formula is C21H23N3O2. The topological polar surface area (TPSA) is 46.5 Å². The van der Waals surface area contributed by atoms with Crippen molar-refractivity contribution in [2.24, 2.45) is 0 Å². The fourth-order valence-electron chi connectivity index (χ4n) is 3.65. The molecule has 134 valence electrons. The van der Waals surface area contributed by atoms with Crippen LogP contribution < -0.4 is 5.32 Å². The third-order valence-electron chi connectivity index (χ3n) is 4.93. The van der Waals surface area contributed by atoms with Crippen LogP contribution in [0.15, 0.2) is 54.7 Å². The Hall–Kier alpha value is -2.79. The minimum atomic E-state index is -0.0504. The Morgan fingerprint density at radius 2 is 1.96 bits per heavy atom. The highest BCUT2D eigenvalue weighted by Crippen LogP contribution is 2.29. The van der Waals surface area contributed by atoms with E-state index in [2.05, 4.69) is 34.3 Å². The SMILES string of the molecule is COCCn1cc2c3c(cccc31)CN(C(=O)Nc1ccccc1)CC2. The Labute approximate surface area is 153 Å². The van der Waals surface area contributed by atoms with Crippen LogP contribution in [0.4, 0.5) is 10.5 Å². The van der Waals surface area contributed by atoms with E-state index < -0.39 is 0 Å². The molecule has 0 fully saturated rings. The first-order valence-corrected chi connectivity index (χ1v) is 8.96. The number of benzene rings is 2. The molecule has 0 spiro atoms. The lowest BCUT2D eigenvalue weighted by Gasteiger charge is -2.22. The third kappa shape index (κ3) is 3.18. The van der Waals surface area contributed by atoms with Crippen LogP contribution in [0.2, 0.25) is 0 Å². The maximum Gasteiger partial charge on any atom is 0.322 e. The van der Waals surface area contributed by atoms with Gasteiger partial charge in [-0.2, -0.15) is 0 Å². The number of aromatic nitrogens is 1. The van der Waals surface area contributed by atoms with E-state index in [1.807, 2.05) is 35.2 Å². The summed E-state index contributed by atoms with van der Waals surface area (Å²) in [5.41, 5.74) is 4.56. The largest absolute Gasteiger partial charge is 0.383 e. The van der Waals surface area contributed by atoms with E-state index in [1.165, 1.54) is 22.0 Å². The summed E-state index contributed by atoms with van der Waals surface area (Å²) in [4.78, 5) is 14.6. The van der Waals surface area contributed by atoms with Crippen LogP contribution in [0.1, 0.15) is 11.1 Å². The van der Waals surface area contributed by atoms with Gasteiger partial charge in [-0.05, 0) is 35.7 Å². The van der Waals surface area contributed by atoms with Crippen molar-refractivity contribution in [3.63, 3.8) is 0 Å². The third-order valence-corrected chi connectivity index (χ3v) is 4.93. The average Bonchev–Trinajstić information content (AvgIpc) is 2.91. The number of carbonyl (C=O) groups excluding carboxylic acids is 1. The van der Waals surface area contributed by atoms with Crippen LogP contribution in [-0.4, -0.2) is 35.8 Å². The molecule has 1 aliphatic heterocycles. The molecular weight excluding hydrogens is 326 g/mol. The second-order valence-electron chi connectivity index (χ2n) is 6.62. The molecule has 0 unspecified atom stereocenters. The van der Waals surface area contributed by atoms with Crippen molar-refractivity contribution in [1.82, 2.24) is 9.47 Å². The molecule has 0 saturated carbocycles. The summed E-state index contributed by atoms with van der Waals surface area (Å²) in [5, 5.41) is 4.29. The second kappa shape index (κ2) is 7.22. The van der Waals surface area contributed by atoms with Gasteiger partial charge in [0.05, 0.1) is 6.61 Å². The van der Waals surface area contributed by atoms with E-state index in [1.54, 1.807) is 7.11 Å². The number of urea groups is 1. The van der Waals surface area contributed by atoms with Gasteiger partial charge < -0.3 is 19.5 Å². The Balaban J connectivity index is 1.59. The average molecular weight is 349 g/mol. The molecule has 4 rings (SSSR count). The lowest BCUT2D eigenvalue weighted by atomic mass is 10.1. The fraction of sp³-hybridized carbons (Fsp3) is 0.286. The first-order valence-electron chi connectivity index (χ1n) is 8.96. The van der Waals surface area contributed by atoms with Crippen LogP contribution in [0.25, 0.3) is 10.9 Å². The summed E-state index contributed by atoms with van der Waals surface area (Å²) in [5.74, 6) is 0. The zero-order valence-electron chi connectivity index (χ0n) is 14.9. The maximum absolute atomic E-state index is 12.7. The van der Waals surface area contributed by atoms with Gasteiger partial charge >= 0.3 is 6.03 Å². The number of nitrogens with one attached hydrogen (secondary N) is 1. The zero-order chi connectivity index (χ0) is 17.9. The minimum Gasteiger partial charge on any atom is -0.383 e. The second-order valence-corrected chi connectivity index (χ2v) is 6.62. The predicted molar refractivity (Wildman–Crippen MR) is 103 cm³/mol. The molecule has 0 saturated heterocycles. The van der Waals surface area contributed by atoms with Crippen molar-refractivity contribution in [3.8, 4) is 0 Å². The number of carbonyl (C=O) groups is 1. The Kier molecular flexibility index (Phi) is 4.63. The smallest absolute Gasteiger partial charge is 0.322 e. The number of anilines is 1. The summed E-state index contributed by atoms with van der Waals surface area (Å²) in [6.45, 7) is 2.86. The van der Waals surface area contributed by atoms with Gasteiger partial charge in [-0.25, -0.2) is 4.79 Å². The number of para-hydroxylation sites is 1. The van der Waals surface area contributed by atoms with Crippen LogP contribution in [0.3, 0.4) is 0 Å². The number of methoxy groups -OCH3 is 1. The van der Waals surface area contributed by atoms with Gasteiger partial charge in [-0.3, -0.25) is 0 Å². The predicted octanol–water partition coefficient (Wildman–Crippen LogP) is 3.88. The molecule has 1 aliphatic rings. The molecule has 0 radical (unpaired) electrons. The number of amides is 2. The quantitative estimate of drug-likeness (QED) is 0.777. The van der Waals surface area contributed by atoms with E-state index >= 15 is 0 Å². The Morgan fingerprint density at radius 3 is 2.77 bits per heavy atom. The molecule has 3 aromatic rings. The molecule has 0 aliphatic carbocycles. The molecule has 2 aromatic carbocycles. The van der Waals surface area contributed by atoms with Gasteiger partial charge in [0.2, 0.25) is 0 Å². The molecule has 0 atom stereocenters. The molecule has 1 N–H and O–H groups in total. The molecule has 1 aromatic heterocycles. The van der Waals surface area contributed by atoms with Gasteiger partial charge in [0.1, 0.15) is 0 Å². The highest BCUT2D eigenvalue weighted by atomic mass is 16.5. The summed E-state index contributed by atoms with van der Waals surface area (Å²) in [6, 6.07) is 15.9. The van der Waals surface area contributed by atoms with Crippen molar-refractivity contribution in [2.45, 2.75) is 19.5 Å². The van der Waals surface area contributed by atoms with Crippen LogP contribution in [0.5, 0.6) is 0 Å². The van der Waals surface area contributed by atoms with Crippen LogP contribution in [0, 0.1) is 0 Å². The molecule has 5 nitrogen and oxygen atoms in total. The summed E-state index contributed by atoms with van der Waals surface area (Å²) in [6.07, 6.45) is 3.07. The van der Waals surface area contributed by atoms with E-state index in [4.69, 9.17) is 4.74 Å². The first kappa shape index (κ1) is 16.7. The lowest BCUT2D eigenvalue weighted by Crippen LogP contribution is -2.35. The Morgan fingerprint density at radius 1 is 1.12 bits per heavy atom. The van der Waals surface area contributed by atoms with Crippen LogP contribution >= 0.6 is 0 Å². The monoisotopic (exact) mass is 349 g/mol. The van der Waals surface area contributed by atoms with Crippen molar-refractivity contribution < 1.29 is 9.53 Å². The molecule has 2 heterocycles. The number of hydrogen-bond donors (Lipinski definition) is 1. The maximum atomic E-state index is 12.7. The highest BCUT2D eigenvalue weighted by molar-refractivity contribution is 5.91. The highest BCUT2D eigenvalue weighted by Gasteiger charge is 2.22. The number of rotatable bonds is 4. The van der Waals surface area contributed by atoms with Gasteiger partial charge in [-0.15, -0.1) is 0 Å². The number of nitrogens with zero attached hydrogens (tertiary/aromatic N) is 2. The first-order chi connectivity index (χ1) is 12.8. The molecule has 5 heteroatoms. The summed E-state index contributed by atoms with van der Waals surface area (Å²) < 4.78 is 7.49. The number of ether oxygens (including phenoxy) is 1. The van der Waals surface area contributed by atoms with E-state index in [-0.39, 0.29) is 6.03 Å². The molecule has 26 heavy (non-hydrogen) atoms. The lowest BCUT2D eigenvalue weighted by molar-refractivity contribution is 0.188. The van der Waals surface area contributed by atoms with Gasteiger partial charge in [-0.1, -0.05) is 30.3 Å². The summed E-state index contributed by atoms with van der Waals surface area (Å²) in [7, 11) is 1.73. The molecule has 0 bridgehead atoms. The van der Waals surface area contributed by atoms with Gasteiger partial charge in [0.25, 0.3) is 0 Å². The minimum absolute atomic E-state index is 0.0504. The summed E-state index contributed by atoms with van der Waals surface area (Å²) >= 11 is 0. The van der Waals surface area contributed by atoms with E-state index in [0.717, 1.165) is 18.7 Å². The van der Waals surface area contributed by atoms with Gasteiger partial charge in [0, 0.05) is 49.5 Å². The Bertz CT molecular complexity index is 918. The fourth-order valence-corrected chi connectivity index (χ4v) is 3.65. The normalized spacial score (nSPS) is 13.7. The van der Waals surface area contributed by atoms with Crippen LogP contribution in [-0.2, 0) is 24.2 Å². The van der Waals surface area contributed by atoms with Crippen molar-refractivity contribution >= 4 is 22.6 Å². The van der Waals surface area contributed by atoms with Crippen molar-refractivity contribution in [3.05, 3.63) is 65.9 Å². The van der Waals surface area contributed by atoms with Gasteiger partial charge in [0.15, 0.2) is 0 Å². The van der Waals surface area contributed by atoms with E-state index in [9.17, 15) is 4.79 Å².